The van der Waals surface area contributed by atoms with Crippen LogP contribution >= 0.6 is 0 Å². The fourth-order valence-electron chi connectivity index (χ4n) is 6.19. The van der Waals surface area contributed by atoms with E-state index in [2.05, 4.69) is 40.9 Å². The fourth-order valence-corrected chi connectivity index (χ4v) is 6.81. The summed E-state index contributed by atoms with van der Waals surface area (Å²) in [7, 11) is -10.7. The minimum atomic E-state index is -4.45. The first-order chi connectivity index (χ1) is 32.7. The number of benzene rings is 7. The molecule has 24 heteroatoms. The lowest BCUT2D eigenvalue weighted by Gasteiger charge is -2.07. The van der Waals surface area contributed by atoms with Crippen LogP contribution in [0.4, 0.5) is 56.9 Å². The fraction of sp³-hybridized carbons (Fsp3) is 0.0889. The van der Waals surface area contributed by atoms with Crippen LogP contribution in [-0.2, 0) is 36.1 Å². The molecule has 350 valence electrons. The molecule has 7 aromatic carbocycles. The number of isocyanates is 1. The molecule has 0 bridgehead atoms. The summed E-state index contributed by atoms with van der Waals surface area (Å²) >= 11 is 0. The molecule has 69 heavy (non-hydrogen) atoms. The highest BCUT2D eigenvalue weighted by molar-refractivity contribution is 7.86. The minimum Gasteiger partial charge on any atom is -0.508 e. The third kappa shape index (κ3) is 14.4. The first-order valence-electron chi connectivity index (χ1n) is 19.6. The number of fused-ring (bicyclic) bond motifs is 1. The van der Waals surface area contributed by atoms with Crippen LogP contribution in [0.1, 0.15) is 22.3 Å². The minimum absolute atomic E-state index is 0.0184. The Morgan fingerprint density at radius 2 is 0.913 bits per heavy atom. The second kappa shape index (κ2) is 23.2. The Balaban J connectivity index is 0.00000103. The topological polar surface area (TPSA) is 316 Å². The average Bonchev–Trinajstić information content (AvgIpc) is 3.29. The number of rotatable bonds is 11. The molecule has 3 N–H and O–H groups in total. The van der Waals surface area contributed by atoms with E-state index >= 15 is 0 Å². The Morgan fingerprint density at radius 1 is 0.478 bits per heavy atom. The van der Waals surface area contributed by atoms with Crippen molar-refractivity contribution >= 4 is 105 Å². The summed E-state index contributed by atoms with van der Waals surface area (Å²) in [6.45, 7) is 7.49. The summed E-state index contributed by atoms with van der Waals surface area (Å²) in [5.74, 6) is 0.0216. The normalized spacial score (nSPS) is 11.3. The Bertz CT molecular complexity index is 3600. The largest absolute Gasteiger partial charge is 0.508 e. The van der Waals surface area contributed by atoms with Gasteiger partial charge in [0, 0.05) is 29.7 Å². The zero-order chi connectivity index (χ0) is 50.4. The van der Waals surface area contributed by atoms with Crippen LogP contribution in [0.5, 0.6) is 11.5 Å². The number of aromatic hydroxyl groups is 2. The maximum Gasteiger partial charge on any atom is 0.437 e. The van der Waals surface area contributed by atoms with E-state index in [0.29, 0.717) is 56.3 Å². The average molecular weight is 991 g/mol. The second-order valence-electron chi connectivity index (χ2n) is 14.3. The van der Waals surface area contributed by atoms with Crippen LogP contribution in [0.2, 0.25) is 0 Å². The monoisotopic (exact) mass is 990 g/mol. The molecule has 21 nitrogen and oxygen atoms in total. The molecule has 0 aromatic heterocycles. The molecular weight excluding hydrogens is 955 g/mol. The molecule has 0 aliphatic carbocycles. The van der Waals surface area contributed by atoms with E-state index in [0.717, 1.165) is 22.3 Å². The van der Waals surface area contributed by atoms with Crippen molar-refractivity contribution in [3.63, 3.8) is 0 Å². The summed E-state index contributed by atoms with van der Waals surface area (Å²) in [6.07, 6.45) is 1.91. The summed E-state index contributed by atoms with van der Waals surface area (Å²) in [6, 6.07) is 34.8. The van der Waals surface area contributed by atoms with Crippen molar-refractivity contribution in [3.8, 4) is 11.5 Å². The van der Waals surface area contributed by atoms with Crippen molar-refractivity contribution in [1.29, 1.82) is 0 Å². The van der Waals surface area contributed by atoms with Gasteiger partial charge in [0.2, 0.25) is 11.4 Å². The Labute approximate surface area is 395 Å². The smallest absolute Gasteiger partial charge is 0.437 e. The molecule has 0 saturated heterocycles. The number of azo groups is 4. The molecule has 0 fully saturated rings. The van der Waals surface area contributed by atoms with Gasteiger partial charge in [0.15, 0.2) is 5.75 Å². The lowest BCUT2D eigenvalue weighted by atomic mass is 10.1. The molecule has 0 spiro atoms. The third-order valence-electron chi connectivity index (χ3n) is 9.51. The van der Waals surface area contributed by atoms with Gasteiger partial charge in [0.1, 0.15) is 22.0 Å². The third-order valence-corrected chi connectivity index (χ3v) is 10.4. The quantitative estimate of drug-likeness (QED) is 0.0358. The first kappa shape index (κ1) is 51.3. The molecule has 7 aromatic rings. The molecule has 0 saturated carbocycles. The van der Waals surface area contributed by atoms with Crippen LogP contribution in [0.25, 0.3) is 10.8 Å². The lowest BCUT2D eigenvalue weighted by Crippen LogP contribution is -2.01. The van der Waals surface area contributed by atoms with E-state index < -0.39 is 31.3 Å². The maximum atomic E-state index is 11.8. The summed E-state index contributed by atoms with van der Waals surface area (Å²) < 4.78 is 84.8. The number of aryl methyl sites for hydroxylation is 4. The van der Waals surface area contributed by atoms with Gasteiger partial charge < -0.3 is 10.2 Å². The van der Waals surface area contributed by atoms with Crippen molar-refractivity contribution in [2.45, 2.75) is 32.6 Å². The highest BCUT2D eigenvalue weighted by atomic mass is 32.2. The van der Waals surface area contributed by atoms with Crippen LogP contribution in [0, 0.1) is 27.7 Å². The first-order valence-corrected chi connectivity index (χ1v) is 23.0. The Hall–Kier alpha value is -8.67. The van der Waals surface area contributed by atoms with Gasteiger partial charge in [-0.3, -0.25) is 4.55 Å². The van der Waals surface area contributed by atoms with Gasteiger partial charge in [0.25, 0.3) is 10.1 Å². The zero-order valence-electron chi connectivity index (χ0n) is 36.4. The summed E-state index contributed by atoms with van der Waals surface area (Å²) in [5, 5.41) is 56.6. The van der Waals surface area contributed by atoms with Gasteiger partial charge in [-0.05, 0) is 140 Å². The Morgan fingerprint density at radius 3 is 1.43 bits per heavy atom. The lowest BCUT2D eigenvalue weighted by molar-refractivity contribution is 0.475. The molecule has 0 unspecified atom stereocenters. The van der Waals surface area contributed by atoms with E-state index in [4.69, 9.17) is 25.3 Å². The van der Waals surface area contributed by atoms with Gasteiger partial charge in [0.05, 0.1) is 34.1 Å². The van der Waals surface area contributed by atoms with Crippen molar-refractivity contribution < 1.29 is 53.2 Å². The van der Waals surface area contributed by atoms with E-state index in [9.17, 15) is 28.0 Å². The molecule has 0 aliphatic rings. The van der Waals surface area contributed by atoms with Crippen LogP contribution in [-0.4, -0.2) is 54.5 Å². The van der Waals surface area contributed by atoms with Gasteiger partial charge in [-0.2, -0.15) is 43.9 Å². The van der Waals surface area contributed by atoms with Gasteiger partial charge >= 0.3 is 27.3 Å². The standard InChI is InChI=1S/C45H35N9O6S.2O3S/c1-27-21-33(10-19-38(27)48-46-32-11-20-39(28(2)22-32)49-50-40-7-5-6-8-44(40)61(58,59)60)47-52-42-23-30(4)43(24-29(42)3)53-51-41-18-9-31-25-35(14-17-37(31)45(41)57)54(26-55)34-12-15-36(56)16-13-34;2*1-4(2)3/h5-25H,1-4H3,(H2-,46,47,50,53,56,57,58,59,60);;/p+1. The van der Waals surface area contributed by atoms with Crippen molar-refractivity contribution in [2.24, 2.45) is 40.9 Å². The molecule has 0 aliphatic heterocycles. The number of hydrogen-bond acceptors (Lipinski definition) is 19. The molecule has 0 amide bonds. The van der Waals surface area contributed by atoms with E-state index in [1.807, 2.05) is 52.0 Å². The van der Waals surface area contributed by atoms with Crippen molar-refractivity contribution in [3.05, 3.63) is 150 Å². The van der Waals surface area contributed by atoms with Gasteiger partial charge in [-0.25, -0.2) is 0 Å². The predicted octanol–water partition coefficient (Wildman–Crippen LogP) is 11.6. The molecule has 0 heterocycles. The number of phenols is 2. The Kier molecular flexibility index (Phi) is 17.2. The van der Waals surface area contributed by atoms with Crippen molar-refractivity contribution in [2.75, 3.05) is 0 Å². The van der Waals surface area contributed by atoms with Gasteiger partial charge in [-0.1, -0.05) is 22.8 Å². The van der Waals surface area contributed by atoms with Crippen LogP contribution in [0.3, 0.4) is 0 Å². The number of nitrogens with zero attached hydrogens (tertiary/aromatic N) is 9. The number of carbonyl (C=O) groups excluding carboxylic acids is 1. The highest BCUT2D eigenvalue weighted by Gasteiger charge is 2.18. The van der Waals surface area contributed by atoms with Gasteiger partial charge in [-0.15, -0.1) is 35.5 Å². The SMILES string of the molecule is Cc1cc(N=Nc2cc(C)c(N=Nc3ccc4cc([N+](=C=O)c5ccc(O)cc5)ccc4c3O)cc2C)ccc1N=Nc1ccc(N=Nc2ccccc2S(=O)(=O)O)c(C)c1.O=S(=O)=O.O=S(=O)=O. The van der Waals surface area contributed by atoms with Crippen LogP contribution < -0.4 is 4.58 Å². The number of phenolic OH excluding ortho intramolecular Hbond substituents is 2. The predicted molar refractivity (Wildman–Crippen MR) is 251 cm³/mol. The molecule has 0 atom stereocenters. The summed E-state index contributed by atoms with van der Waals surface area (Å²) in [4.78, 5) is 11.5. The van der Waals surface area contributed by atoms with E-state index in [1.165, 1.54) is 34.9 Å². The van der Waals surface area contributed by atoms with Crippen molar-refractivity contribution in [1.82, 2.24) is 4.58 Å². The maximum absolute atomic E-state index is 11.8. The molecule has 7 rings (SSSR count). The molecule has 0 radical (unpaired) electrons. The highest BCUT2D eigenvalue weighted by Crippen LogP contribution is 2.39. The van der Waals surface area contributed by atoms with E-state index in [-0.39, 0.29) is 27.8 Å². The van der Waals surface area contributed by atoms with E-state index in [1.54, 1.807) is 78.9 Å². The second-order valence-corrected chi connectivity index (χ2v) is 16.5. The summed E-state index contributed by atoms with van der Waals surface area (Å²) in [5.41, 5.74) is 8.10. The molecular formula is C45H36N9O12S3+. The van der Waals surface area contributed by atoms with Crippen LogP contribution in [0.15, 0.2) is 173 Å². The zero-order valence-corrected chi connectivity index (χ0v) is 38.8. The number of hydrogen-bond donors (Lipinski definition) is 3.